The number of benzene rings is 1. The smallest absolute Gasteiger partial charge is 0.410 e. The number of rotatable bonds is 12. The van der Waals surface area contributed by atoms with Gasteiger partial charge in [-0.15, -0.1) is 0 Å². The van der Waals surface area contributed by atoms with Gasteiger partial charge in [-0.25, -0.2) is 9.78 Å². The van der Waals surface area contributed by atoms with Crippen molar-refractivity contribution < 1.29 is 19.1 Å². The van der Waals surface area contributed by atoms with Crippen LogP contribution in [-0.4, -0.2) is 84.8 Å². The number of pyridine rings is 1. The maximum absolute atomic E-state index is 12.3. The van der Waals surface area contributed by atoms with Gasteiger partial charge < -0.3 is 42.2 Å². The van der Waals surface area contributed by atoms with Crippen molar-refractivity contribution in [3.05, 3.63) is 48.2 Å². The minimum absolute atomic E-state index is 0.272. The predicted molar refractivity (Wildman–Crippen MR) is 159 cm³/mol. The number of nitrogens with zero attached hydrogens (tertiary/aromatic N) is 3. The van der Waals surface area contributed by atoms with Crippen LogP contribution < -0.4 is 32.6 Å². The standard InChI is InChI=1S/C28H42N8O4/c1-28(2,3)40-27(38)36-15-13-35(14-16-36)12-7-17-39-23-19-20(25(31)37)18-22(30)24(23)32-9-4-5-10-33-26-21(29)8-6-11-34-26/h4-6,8,11,18-19,32H,7,9-10,12-17,29-30H2,1-3H3,(H2,31,37)(H,33,34)/b5-4+. The second kappa shape index (κ2) is 14.3. The van der Waals surface area contributed by atoms with Crippen LogP contribution in [0.25, 0.3) is 0 Å². The molecule has 1 saturated heterocycles. The third-order valence-electron chi connectivity index (χ3n) is 6.11. The number of nitrogens with one attached hydrogen (secondary N) is 2. The molecule has 0 unspecified atom stereocenters. The van der Waals surface area contributed by atoms with Gasteiger partial charge in [-0.3, -0.25) is 9.69 Å². The van der Waals surface area contributed by atoms with Crippen molar-refractivity contribution in [2.24, 2.45) is 5.73 Å². The first-order chi connectivity index (χ1) is 19.0. The van der Waals surface area contributed by atoms with Crippen LogP contribution in [0.3, 0.4) is 0 Å². The number of aromatic nitrogens is 1. The lowest BCUT2D eigenvalue weighted by molar-refractivity contribution is 0.0142. The van der Waals surface area contributed by atoms with E-state index in [1.165, 1.54) is 6.07 Å². The molecule has 2 heterocycles. The lowest BCUT2D eigenvalue weighted by atomic mass is 10.1. The molecule has 1 aromatic carbocycles. The summed E-state index contributed by atoms with van der Waals surface area (Å²) in [6.45, 7) is 10.7. The van der Waals surface area contributed by atoms with Gasteiger partial charge in [0.25, 0.3) is 0 Å². The Morgan fingerprint density at radius 3 is 2.40 bits per heavy atom. The van der Waals surface area contributed by atoms with E-state index in [9.17, 15) is 9.59 Å². The van der Waals surface area contributed by atoms with Crippen LogP contribution in [0.4, 0.5) is 27.7 Å². The third kappa shape index (κ3) is 9.53. The number of piperazine rings is 1. The van der Waals surface area contributed by atoms with Gasteiger partial charge in [-0.1, -0.05) is 12.2 Å². The molecule has 0 spiro atoms. The van der Waals surface area contributed by atoms with E-state index in [2.05, 4.69) is 20.5 Å². The molecule has 0 aliphatic carbocycles. The van der Waals surface area contributed by atoms with Crippen molar-refractivity contribution >= 4 is 34.9 Å². The summed E-state index contributed by atoms with van der Waals surface area (Å²) in [4.78, 5) is 32.3. The lowest BCUT2D eigenvalue weighted by Crippen LogP contribution is -2.50. The van der Waals surface area contributed by atoms with E-state index in [1.54, 1.807) is 29.3 Å². The molecule has 40 heavy (non-hydrogen) atoms. The average Bonchev–Trinajstić information content (AvgIpc) is 2.89. The van der Waals surface area contributed by atoms with Crippen LogP contribution in [0, 0.1) is 0 Å². The number of nitrogen functional groups attached to an aromatic ring is 2. The van der Waals surface area contributed by atoms with Crippen LogP contribution in [0.15, 0.2) is 42.6 Å². The van der Waals surface area contributed by atoms with E-state index in [1.807, 2.05) is 32.9 Å². The van der Waals surface area contributed by atoms with Gasteiger partial charge >= 0.3 is 6.09 Å². The van der Waals surface area contributed by atoms with Crippen molar-refractivity contribution in [2.75, 3.05) is 74.5 Å². The molecule has 2 amide bonds. The highest BCUT2D eigenvalue weighted by atomic mass is 16.6. The topological polar surface area (TPSA) is 174 Å². The Balaban J connectivity index is 1.47. The zero-order chi connectivity index (χ0) is 29.1. The molecule has 2 aromatic rings. The fourth-order valence-corrected chi connectivity index (χ4v) is 4.08. The van der Waals surface area contributed by atoms with Crippen LogP contribution >= 0.6 is 0 Å². The fourth-order valence-electron chi connectivity index (χ4n) is 4.08. The Kier molecular flexibility index (Phi) is 10.8. The molecule has 1 aliphatic heterocycles. The number of hydrogen-bond acceptors (Lipinski definition) is 10. The first kappa shape index (κ1) is 30.4. The Labute approximate surface area is 235 Å². The molecule has 8 N–H and O–H groups in total. The van der Waals surface area contributed by atoms with Crippen molar-refractivity contribution in [1.29, 1.82) is 0 Å². The van der Waals surface area contributed by atoms with Crippen LogP contribution in [0.2, 0.25) is 0 Å². The van der Waals surface area contributed by atoms with Crippen molar-refractivity contribution in [3.8, 4) is 5.75 Å². The molecule has 12 heteroatoms. The molecular formula is C28H42N8O4. The Hall–Kier alpha value is -4.19. The summed E-state index contributed by atoms with van der Waals surface area (Å²) in [5, 5.41) is 6.41. The number of primary amides is 1. The normalized spacial score (nSPS) is 14.2. The minimum atomic E-state index is -0.578. The number of carbonyl (C=O) groups is 2. The third-order valence-corrected chi connectivity index (χ3v) is 6.11. The summed E-state index contributed by atoms with van der Waals surface area (Å²) in [7, 11) is 0. The highest BCUT2D eigenvalue weighted by Crippen LogP contribution is 2.32. The largest absolute Gasteiger partial charge is 0.491 e. The molecule has 3 rings (SSSR count). The Morgan fingerprint density at radius 1 is 1.05 bits per heavy atom. The van der Waals surface area contributed by atoms with Crippen LogP contribution in [0.5, 0.6) is 5.75 Å². The molecule has 0 bridgehead atoms. The summed E-state index contributed by atoms with van der Waals surface area (Å²) < 4.78 is 11.5. The number of amides is 2. The van der Waals surface area contributed by atoms with Gasteiger partial charge in [0, 0.05) is 57.6 Å². The first-order valence-electron chi connectivity index (χ1n) is 13.4. The number of anilines is 4. The summed E-state index contributed by atoms with van der Waals surface area (Å²) >= 11 is 0. The minimum Gasteiger partial charge on any atom is -0.491 e. The van der Waals surface area contributed by atoms with Gasteiger partial charge in [0.15, 0.2) is 0 Å². The summed E-state index contributed by atoms with van der Waals surface area (Å²) in [5.41, 5.74) is 18.9. The highest BCUT2D eigenvalue weighted by molar-refractivity contribution is 5.96. The summed E-state index contributed by atoms with van der Waals surface area (Å²) in [6, 6.07) is 6.71. The average molecular weight is 555 g/mol. The van der Waals surface area contributed by atoms with Gasteiger partial charge in [-0.2, -0.15) is 0 Å². The molecule has 0 atom stereocenters. The van der Waals surface area contributed by atoms with Crippen molar-refractivity contribution in [1.82, 2.24) is 14.8 Å². The molecule has 0 radical (unpaired) electrons. The van der Waals surface area contributed by atoms with Gasteiger partial charge in [-0.05, 0) is 51.5 Å². The maximum atomic E-state index is 12.3. The summed E-state index contributed by atoms with van der Waals surface area (Å²) in [6.07, 6.45) is 6.05. The van der Waals surface area contributed by atoms with Gasteiger partial charge in [0.05, 0.1) is 18.0 Å². The second-order valence-electron chi connectivity index (χ2n) is 10.5. The van der Waals surface area contributed by atoms with E-state index in [-0.39, 0.29) is 11.7 Å². The first-order valence-corrected chi connectivity index (χ1v) is 13.4. The van der Waals surface area contributed by atoms with Crippen LogP contribution in [-0.2, 0) is 4.74 Å². The monoisotopic (exact) mass is 554 g/mol. The Morgan fingerprint density at radius 2 is 1.75 bits per heavy atom. The zero-order valence-corrected chi connectivity index (χ0v) is 23.6. The second-order valence-corrected chi connectivity index (χ2v) is 10.5. The molecule has 12 nitrogen and oxygen atoms in total. The molecule has 1 aliphatic rings. The van der Waals surface area contributed by atoms with Gasteiger partial charge in [0.1, 0.15) is 22.9 Å². The molecule has 1 aromatic heterocycles. The quantitative estimate of drug-likeness (QED) is 0.149. The lowest BCUT2D eigenvalue weighted by Gasteiger charge is -2.35. The van der Waals surface area contributed by atoms with Crippen LogP contribution in [0.1, 0.15) is 37.6 Å². The van der Waals surface area contributed by atoms with Crippen molar-refractivity contribution in [3.63, 3.8) is 0 Å². The molecule has 218 valence electrons. The number of hydrogen-bond donors (Lipinski definition) is 5. The van der Waals surface area contributed by atoms with Gasteiger partial charge in [0.2, 0.25) is 5.91 Å². The van der Waals surface area contributed by atoms with E-state index < -0.39 is 11.5 Å². The molecule has 0 saturated carbocycles. The van der Waals surface area contributed by atoms with Crippen molar-refractivity contribution in [2.45, 2.75) is 32.8 Å². The van der Waals surface area contributed by atoms with E-state index in [0.29, 0.717) is 61.4 Å². The zero-order valence-electron chi connectivity index (χ0n) is 23.6. The van der Waals surface area contributed by atoms with E-state index in [4.69, 9.17) is 26.7 Å². The molecular weight excluding hydrogens is 512 g/mol. The number of carbonyl (C=O) groups excluding carboxylic acids is 2. The Bertz CT molecular complexity index is 1170. The van der Waals surface area contributed by atoms with E-state index in [0.717, 1.165) is 26.1 Å². The number of nitrogens with two attached hydrogens (primary N) is 3. The fraction of sp³-hybridized carbons (Fsp3) is 0.464. The summed E-state index contributed by atoms with van der Waals surface area (Å²) in [5.74, 6) is 0.522. The molecule has 1 fully saturated rings. The number of ether oxygens (including phenoxy) is 2. The highest BCUT2D eigenvalue weighted by Gasteiger charge is 2.25. The SMILES string of the molecule is CC(C)(C)OC(=O)N1CCN(CCCOc2cc(C(N)=O)cc(N)c2NC/C=C/CNc2ncccc2N)CC1. The predicted octanol–water partition coefficient (Wildman–Crippen LogP) is 2.75. The van der Waals surface area contributed by atoms with E-state index >= 15 is 0 Å². The maximum Gasteiger partial charge on any atom is 0.410 e.